The molecule has 0 spiro atoms. The molecular formula is C9H22N4O4. The lowest BCUT2D eigenvalue weighted by Gasteiger charge is -2.17. The van der Waals surface area contributed by atoms with Gasteiger partial charge >= 0.3 is 11.9 Å². The van der Waals surface area contributed by atoms with Crippen LogP contribution in [0, 0.1) is 0 Å². The summed E-state index contributed by atoms with van der Waals surface area (Å²) in [6.45, 7) is 2.95. The van der Waals surface area contributed by atoms with E-state index >= 15 is 0 Å². The third-order valence-corrected chi connectivity index (χ3v) is 1.99. The van der Waals surface area contributed by atoms with Gasteiger partial charge < -0.3 is 32.8 Å². The Morgan fingerprint density at radius 3 is 1.53 bits per heavy atom. The van der Waals surface area contributed by atoms with Gasteiger partial charge in [0.05, 0.1) is 7.11 Å². The zero-order chi connectivity index (χ0) is 14.3. The topological polar surface area (TPSA) is 168 Å². The Hall–Kier alpha value is -1.22. The summed E-state index contributed by atoms with van der Waals surface area (Å²) in [6.07, 6.45) is 0. The van der Waals surface area contributed by atoms with Crippen LogP contribution in [-0.2, 0) is 14.3 Å². The standard InChI is InChI=1S/C5H12N2O2.C4H10N2O2/c1-5(7,3-6)4(8)9-2;1-4(6,2-5)3(7)8/h3,6-7H2,1-2H3;2,5-6H2,1H3,(H,7,8). The third-order valence-electron chi connectivity index (χ3n) is 1.99. The number of nitrogens with two attached hydrogens (primary N) is 4. The lowest BCUT2D eigenvalue weighted by molar-refractivity contribution is -0.146. The van der Waals surface area contributed by atoms with E-state index in [1.807, 2.05) is 0 Å². The molecule has 0 fully saturated rings. The first kappa shape index (κ1) is 18.2. The second-order valence-electron chi connectivity index (χ2n) is 4.04. The van der Waals surface area contributed by atoms with Crippen LogP contribution in [0.4, 0.5) is 0 Å². The number of hydrogen-bond donors (Lipinski definition) is 5. The molecule has 0 aliphatic heterocycles. The number of esters is 1. The second-order valence-corrected chi connectivity index (χ2v) is 4.04. The van der Waals surface area contributed by atoms with Crippen LogP contribution in [0.3, 0.4) is 0 Å². The first-order valence-corrected chi connectivity index (χ1v) is 4.85. The number of carboxylic acids is 1. The van der Waals surface area contributed by atoms with Gasteiger partial charge in [-0.1, -0.05) is 0 Å². The molecule has 0 aliphatic carbocycles. The van der Waals surface area contributed by atoms with Gasteiger partial charge in [-0.3, -0.25) is 9.59 Å². The van der Waals surface area contributed by atoms with Gasteiger partial charge in [-0.05, 0) is 13.8 Å². The predicted octanol–water partition coefficient (Wildman–Crippen LogP) is -2.42. The molecule has 0 saturated carbocycles. The fourth-order valence-corrected chi connectivity index (χ4v) is 0.404. The molecule has 0 saturated heterocycles. The van der Waals surface area contributed by atoms with E-state index < -0.39 is 23.0 Å². The fourth-order valence-electron chi connectivity index (χ4n) is 0.404. The van der Waals surface area contributed by atoms with Crippen LogP contribution in [0.15, 0.2) is 0 Å². The zero-order valence-corrected chi connectivity index (χ0v) is 10.4. The molecular weight excluding hydrogens is 228 g/mol. The smallest absolute Gasteiger partial charge is 0.326 e. The number of hydrogen-bond acceptors (Lipinski definition) is 7. The third kappa shape index (κ3) is 6.84. The van der Waals surface area contributed by atoms with E-state index in [0.717, 1.165) is 0 Å². The van der Waals surface area contributed by atoms with E-state index in [1.54, 1.807) is 0 Å². The van der Waals surface area contributed by atoms with Gasteiger partial charge in [-0.25, -0.2) is 0 Å². The summed E-state index contributed by atoms with van der Waals surface area (Å²) in [6, 6.07) is 0. The quantitative estimate of drug-likeness (QED) is 0.343. The monoisotopic (exact) mass is 250 g/mol. The van der Waals surface area contributed by atoms with Crippen LogP contribution in [0.2, 0.25) is 0 Å². The van der Waals surface area contributed by atoms with Crippen molar-refractivity contribution in [2.45, 2.75) is 24.9 Å². The molecule has 2 unspecified atom stereocenters. The van der Waals surface area contributed by atoms with E-state index in [0.29, 0.717) is 0 Å². The molecule has 17 heavy (non-hydrogen) atoms. The average Bonchev–Trinajstić information content (AvgIpc) is 2.28. The van der Waals surface area contributed by atoms with E-state index in [-0.39, 0.29) is 13.1 Å². The largest absolute Gasteiger partial charge is 0.480 e. The van der Waals surface area contributed by atoms with Gasteiger partial charge in [-0.2, -0.15) is 0 Å². The fraction of sp³-hybridized carbons (Fsp3) is 0.778. The summed E-state index contributed by atoms with van der Waals surface area (Å²) in [5, 5.41) is 8.24. The van der Waals surface area contributed by atoms with Crippen LogP contribution >= 0.6 is 0 Å². The van der Waals surface area contributed by atoms with Gasteiger partial charge in [0.2, 0.25) is 0 Å². The summed E-state index contributed by atoms with van der Waals surface area (Å²) in [4.78, 5) is 20.7. The highest BCUT2D eigenvalue weighted by atomic mass is 16.5. The Morgan fingerprint density at radius 2 is 1.47 bits per heavy atom. The lowest BCUT2D eigenvalue weighted by Crippen LogP contribution is -2.51. The van der Waals surface area contributed by atoms with Gasteiger partial charge in [-0.15, -0.1) is 0 Å². The average molecular weight is 250 g/mol. The number of carboxylic acid groups (broad SMARTS) is 1. The summed E-state index contributed by atoms with van der Waals surface area (Å²) < 4.78 is 4.36. The molecule has 8 nitrogen and oxygen atoms in total. The maximum absolute atomic E-state index is 10.6. The highest BCUT2D eigenvalue weighted by Crippen LogP contribution is 1.97. The molecule has 0 bridgehead atoms. The Bertz CT molecular complexity index is 266. The Morgan fingerprint density at radius 1 is 1.12 bits per heavy atom. The predicted molar refractivity (Wildman–Crippen MR) is 62.9 cm³/mol. The van der Waals surface area contributed by atoms with E-state index in [1.165, 1.54) is 21.0 Å². The van der Waals surface area contributed by atoms with E-state index in [4.69, 9.17) is 28.0 Å². The summed E-state index contributed by atoms with van der Waals surface area (Å²) >= 11 is 0. The molecule has 8 heteroatoms. The van der Waals surface area contributed by atoms with Crippen LogP contribution < -0.4 is 22.9 Å². The van der Waals surface area contributed by atoms with Crippen molar-refractivity contribution in [3.05, 3.63) is 0 Å². The van der Waals surface area contributed by atoms with Crippen molar-refractivity contribution in [1.29, 1.82) is 0 Å². The minimum absolute atomic E-state index is 0.0394. The molecule has 0 aromatic heterocycles. The number of rotatable bonds is 4. The first-order valence-electron chi connectivity index (χ1n) is 4.85. The number of carbonyl (C=O) groups is 2. The lowest BCUT2D eigenvalue weighted by atomic mass is 10.1. The molecule has 102 valence electrons. The van der Waals surface area contributed by atoms with Crippen LogP contribution in [-0.4, -0.2) is 48.3 Å². The van der Waals surface area contributed by atoms with Crippen molar-refractivity contribution >= 4 is 11.9 Å². The Kier molecular flexibility index (Phi) is 7.66. The molecule has 0 heterocycles. The van der Waals surface area contributed by atoms with Gasteiger partial charge in [0.1, 0.15) is 11.1 Å². The summed E-state index contributed by atoms with van der Waals surface area (Å²) in [5.41, 5.74) is 18.4. The van der Waals surface area contributed by atoms with Crippen molar-refractivity contribution in [3.8, 4) is 0 Å². The maximum atomic E-state index is 10.6. The van der Waals surface area contributed by atoms with Crippen LogP contribution in [0.5, 0.6) is 0 Å². The van der Waals surface area contributed by atoms with Crippen molar-refractivity contribution in [3.63, 3.8) is 0 Å². The zero-order valence-electron chi connectivity index (χ0n) is 10.4. The van der Waals surface area contributed by atoms with Gasteiger partial charge in [0.15, 0.2) is 0 Å². The minimum atomic E-state index is -1.26. The first-order chi connectivity index (χ1) is 7.55. The molecule has 9 N–H and O–H groups in total. The van der Waals surface area contributed by atoms with E-state index in [2.05, 4.69) is 4.74 Å². The Balaban J connectivity index is 0. The summed E-state index contributed by atoms with van der Waals surface area (Å²) in [7, 11) is 1.28. The SMILES string of the molecule is CC(N)(CN)C(=O)O.COC(=O)C(C)(N)CN. The number of ether oxygens (including phenoxy) is 1. The molecule has 0 aromatic rings. The maximum Gasteiger partial charge on any atom is 0.326 e. The van der Waals surface area contributed by atoms with Crippen molar-refractivity contribution < 1.29 is 19.4 Å². The number of methoxy groups -OCH3 is 1. The minimum Gasteiger partial charge on any atom is -0.480 e. The summed E-state index contributed by atoms with van der Waals surface area (Å²) in [5.74, 6) is -1.55. The molecule has 0 aliphatic rings. The van der Waals surface area contributed by atoms with Crippen molar-refractivity contribution in [2.24, 2.45) is 22.9 Å². The molecule has 2 atom stereocenters. The van der Waals surface area contributed by atoms with Gasteiger partial charge in [0.25, 0.3) is 0 Å². The highest BCUT2D eigenvalue weighted by molar-refractivity contribution is 5.80. The van der Waals surface area contributed by atoms with Crippen LogP contribution in [0.1, 0.15) is 13.8 Å². The molecule has 0 rings (SSSR count). The number of carbonyl (C=O) groups excluding carboxylic acids is 1. The van der Waals surface area contributed by atoms with Crippen molar-refractivity contribution in [2.75, 3.05) is 20.2 Å². The normalized spacial score (nSPS) is 16.9. The van der Waals surface area contributed by atoms with Crippen molar-refractivity contribution in [1.82, 2.24) is 0 Å². The molecule has 0 aromatic carbocycles. The molecule has 0 radical (unpaired) electrons. The number of aliphatic carboxylic acids is 1. The Labute approximate surface area is 100 Å². The van der Waals surface area contributed by atoms with Gasteiger partial charge in [0, 0.05) is 13.1 Å². The second kappa shape index (κ2) is 7.17. The van der Waals surface area contributed by atoms with E-state index in [9.17, 15) is 9.59 Å². The molecule has 0 amide bonds. The van der Waals surface area contributed by atoms with Crippen LogP contribution in [0.25, 0.3) is 0 Å². The highest BCUT2D eigenvalue weighted by Gasteiger charge is 2.27.